The van der Waals surface area contributed by atoms with E-state index in [1.165, 1.54) is 19.2 Å². The van der Waals surface area contributed by atoms with E-state index in [2.05, 4.69) is 20.8 Å². The van der Waals surface area contributed by atoms with Gasteiger partial charge in [0, 0.05) is 12.5 Å². The minimum atomic E-state index is -3.27. The second-order valence-electron chi connectivity index (χ2n) is 11.8. The summed E-state index contributed by atoms with van der Waals surface area (Å²) in [5.41, 5.74) is -0.526. The number of nitrogens with one attached hydrogen (secondary N) is 1. The first-order chi connectivity index (χ1) is 25.1. The molecule has 6 N–H and O–H groups in total. The highest BCUT2D eigenvalue weighted by molar-refractivity contribution is 6.39. The van der Waals surface area contributed by atoms with Gasteiger partial charge in [-0.25, -0.2) is 23.1 Å². The van der Waals surface area contributed by atoms with Gasteiger partial charge in [0.05, 0.1) is 52.7 Å². The van der Waals surface area contributed by atoms with E-state index >= 15 is 0 Å². The van der Waals surface area contributed by atoms with E-state index in [-0.39, 0.29) is 44.0 Å². The van der Waals surface area contributed by atoms with Crippen molar-refractivity contribution in [3.05, 3.63) is 75.2 Å². The third-order valence-corrected chi connectivity index (χ3v) is 8.74. The van der Waals surface area contributed by atoms with Crippen molar-refractivity contribution in [2.24, 2.45) is 0 Å². The van der Waals surface area contributed by atoms with Crippen LogP contribution in [-0.2, 0) is 25.7 Å². The van der Waals surface area contributed by atoms with Crippen LogP contribution in [0.5, 0.6) is 5.75 Å². The minimum Gasteiger partial charge on any atom is -0.476 e. The summed E-state index contributed by atoms with van der Waals surface area (Å²) in [6.45, 7) is 1.09. The number of aliphatic carboxylic acids is 1. The molecule has 0 spiro atoms. The van der Waals surface area contributed by atoms with E-state index in [1.54, 1.807) is 18.2 Å². The molecule has 5 rings (SSSR count). The quantitative estimate of drug-likeness (QED) is 0.107. The summed E-state index contributed by atoms with van der Waals surface area (Å²) in [7, 11) is 0. The van der Waals surface area contributed by atoms with E-state index in [0.717, 1.165) is 23.7 Å². The number of rotatable bonds is 13. The highest BCUT2D eigenvalue weighted by Gasteiger charge is 2.57. The van der Waals surface area contributed by atoms with Gasteiger partial charge in [-0.2, -0.15) is 0 Å². The maximum absolute atomic E-state index is 14.4. The first-order valence-corrected chi connectivity index (χ1v) is 16.3. The smallest absolute Gasteiger partial charge is 0.377 e. The molecule has 21 heteroatoms. The Morgan fingerprint density at radius 2 is 1.87 bits per heavy atom. The molecule has 6 atom stereocenters. The first kappa shape index (κ1) is 39.4. The number of benzene rings is 2. The lowest BCUT2D eigenvalue weighted by Gasteiger charge is -2.46. The molecule has 1 saturated heterocycles. The van der Waals surface area contributed by atoms with Crippen LogP contribution in [0.1, 0.15) is 47.1 Å². The van der Waals surface area contributed by atoms with Crippen molar-refractivity contribution in [3.8, 4) is 22.7 Å². The molecule has 0 saturated carbocycles. The SMILES string of the molecule is CC(=O)N[C@H]1[C@H]([C@H](O)[C@H](O)CO)O[C@@](Oc2ccc(-n3cc(COC(=O)c4c(-c5c(Cl)cccc5Cl)noc4C)nn3)cc2C(F)F)(C(=O)O)C[C@@H]1O. The van der Waals surface area contributed by atoms with Gasteiger partial charge < -0.3 is 49.6 Å². The summed E-state index contributed by atoms with van der Waals surface area (Å²) >= 11 is 12.6. The van der Waals surface area contributed by atoms with Crippen molar-refractivity contribution in [2.75, 3.05) is 6.61 Å². The molecule has 17 nitrogen and oxygen atoms in total. The maximum atomic E-state index is 14.4. The third-order valence-electron chi connectivity index (χ3n) is 8.11. The van der Waals surface area contributed by atoms with E-state index < -0.39 is 91.5 Å². The molecule has 1 aliphatic heterocycles. The normalized spacial score (nSPS) is 21.2. The lowest BCUT2D eigenvalue weighted by molar-refractivity contribution is -0.284. The number of ether oxygens (including phenoxy) is 3. The molecule has 3 heterocycles. The average molecular weight is 787 g/mol. The Bertz CT molecular complexity index is 1980. The number of hydrogen-bond donors (Lipinski definition) is 6. The molecular formula is C32H31Cl2F2N5O12. The van der Waals surface area contributed by atoms with E-state index in [0.29, 0.717) is 0 Å². The number of carbonyl (C=O) groups is 3. The van der Waals surface area contributed by atoms with Crippen LogP contribution in [-0.4, -0.2) is 106 Å². The number of aliphatic hydroxyl groups excluding tert-OH is 4. The zero-order valence-electron chi connectivity index (χ0n) is 27.5. The summed E-state index contributed by atoms with van der Waals surface area (Å²) in [5.74, 6) is -7.01. The summed E-state index contributed by atoms with van der Waals surface area (Å²) < 4.78 is 51.5. The molecule has 2 aromatic heterocycles. The van der Waals surface area contributed by atoms with Crippen LogP contribution in [0.4, 0.5) is 8.78 Å². The third kappa shape index (κ3) is 8.25. The fraction of sp³-hybridized carbons (Fsp3) is 0.375. The second kappa shape index (κ2) is 16.1. The number of esters is 1. The average Bonchev–Trinajstić information content (AvgIpc) is 3.74. The molecule has 284 valence electrons. The number of halogens is 4. The Hall–Kier alpha value is -4.76. The van der Waals surface area contributed by atoms with Gasteiger partial charge in [-0.3, -0.25) is 4.79 Å². The van der Waals surface area contributed by atoms with E-state index in [1.807, 2.05) is 0 Å². The molecule has 1 aliphatic rings. The minimum absolute atomic E-state index is 0.0117. The fourth-order valence-electron chi connectivity index (χ4n) is 5.56. The van der Waals surface area contributed by atoms with Crippen LogP contribution in [0.3, 0.4) is 0 Å². The number of aryl methyl sites for hydroxylation is 1. The molecule has 1 fully saturated rings. The Labute approximate surface area is 307 Å². The molecule has 0 radical (unpaired) electrons. The van der Waals surface area contributed by atoms with Crippen molar-refractivity contribution in [1.29, 1.82) is 0 Å². The molecule has 0 bridgehead atoms. The highest BCUT2D eigenvalue weighted by Crippen LogP contribution is 2.40. The van der Waals surface area contributed by atoms with Gasteiger partial charge in [-0.1, -0.05) is 39.6 Å². The van der Waals surface area contributed by atoms with Gasteiger partial charge in [0.25, 0.3) is 6.43 Å². The zero-order valence-corrected chi connectivity index (χ0v) is 29.0. The molecule has 0 aliphatic carbocycles. The van der Waals surface area contributed by atoms with E-state index in [4.69, 9.17) is 41.9 Å². The second-order valence-corrected chi connectivity index (χ2v) is 12.6. The molecule has 0 unspecified atom stereocenters. The van der Waals surface area contributed by atoms with Gasteiger partial charge in [-0.15, -0.1) is 5.10 Å². The van der Waals surface area contributed by atoms with Crippen molar-refractivity contribution >= 4 is 41.0 Å². The van der Waals surface area contributed by atoms with Crippen LogP contribution in [0, 0.1) is 6.92 Å². The van der Waals surface area contributed by atoms with E-state index in [9.17, 15) is 48.7 Å². The van der Waals surface area contributed by atoms with Crippen molar-refractivity contribution in [1.82, 2.24) is 25.5 Å². The number of carboxylic acids is 1. The highest BCUT2D eigenvalue weighted by atomic mass is 35.5. The summed E-state index contributed by atoms with van der Waals surface area (Å²) in [6, 6.07) is 6.30. The first-order valence-electron chi connectivity index (χ1n) is 15.5. The van der Waals surface area contributed by atoms with Gasteiger partial charge in [0.1, 0.15) is 53.4 Å². The number of alkyl halides is 2. The van der Waals surface area contributed by atoms with Crippen LogP contribution < -0.4 is 10.1 Å². The number of carboxylic acid groups (broad SMARTS) is 1. The maximum Gasteiger partial charge on any atom is 0.377 e. The van der Waals surface area contributed by atoms with Gasteiger partial charge in [-0.05, 0) is 37.3 Å². The van der Waals surface area contributed by atoms with Crippen LogP contribution in [0.25, 0.3) is 16.9 Å². The largest absolute Gasteiger partial charge is 0.476 e. The van der Waals surface area contributed by atoms with Crippen molar-refractivity contribution < 1.29 is 67.4 Å². The standard InChI is InChI=1S/C32H31Cl2F2N5O12/c1-13-23(26(39-53-13)24-18(33)4-3-5-19(24)34)30(47)50-12-15-10-41(40-38-15)16-6-7-22(17(8-16)29(35)36)51-32(31(48)49)9-20(44)25(37-14(2)43)28(52-32)27(46)21(45)11-42/h3-8,10,20-21,25,27-29,42,44-46H,9,11-12H2,1-2H3,(H,37,43)(H,48,49)/t20-,21+,25+,27+,28+,32+/m0/s1. The van der Waals surface area contributed by atoms with Crippen molar-refractivity contribution in [2.45, 2.75) is 69.5 Å². The van der Waals surface area contributed by atoms with Crippen LogP contribution >= 0.6 is 23.2 Å². The van der Waals surface area contributed by atoms with Gasteiger partial charge in [0.15, 0.2) is 0 Å². The van der Waals surface area contributed by atoms with Gasteiger partial charge in [0.2, 0.25) is 5.91 Å². The number of carbonyl (C=O) groups excluding carboxylic acids is 2. The monoisotopic (exact) mass is 785 g/mol. The Balaban J connectivity index is 1.37. The molecular weight excluding hydrogens is 755 g/mol. The number of nitrogens with zero attached hydrogens (tertiary/aromatic N) is 4. The number of aliphatic hydroxyl groups is 4. The number of aromatic nitrogens is 4. The fourth-order valence-corrected chi connectivity index (χ4v) is 6.14. The Morgan fingerprint density at radius 3 is 2.49 bits per heavy atom. The number of hydrogen-bond acceptors (Lipinski definition) is 14. The molecule has 4 aromatic rings. The van der Waals surface area contributed by atoms with Crippen molar-refractivity contribution in [3.63, 3.8) is 0 Å². The molecule has 2 aromatic carbocycles. The summed E-state index contributed by atoms with van der Waals surface area (Å²) in [5, 5.41) is 65.4. The predicted molar refractivity (Wildman–Crippen MR) is 175 cm³/mol. The zero-order chi connectivity index (χ0) is 38.8. The predicted octanol–water partition coefficient (Wildman–Crippen LogP) is 2.36. The molecule has 1 amide bonds. The van der Waals surface area contributed by atoms with Crippen LogP contribution in [0.15, 0.2) is 47.1 Å². The van der Waals surface area contributed by atoms with Crippen LogP contribution in [0.2, 0.25) is 10.0 Å². The lowest BCUT2D eigenvalue weighted by atomic mass is 9.88. The topological polar surface area (TPSA) is 249 Å². The van der Waals surface area contributed by atoms with Gasteiger partial charge >= 0.3 is 17.7 Å². The molecule has 53 heavy (non-hydrogen) atoms. The Kier molecular flexibility index (Phi) is 12.0. The number of amides is 1. The Morgan fingerprint density at radius 1 is 1.17 bits per heavy atom. The summed E-state index contributed by atoms with van der Waals surface area (Å²) in [6.07, 6.45) is -10.6. The lowest BCUT2D eigenvalue weighted by Crippen LogP contribution is -2.68. The summed E-state index contributed by atoms with van der Waals surface area (Å²) in [4.78, 5) is 37.4.